The lowest BCUT2D eigenvalue weighted by Crippen LogP contribution is -2.53. The molecule has 0 bridgehead atoms. The zero-order chi connectivity index (χ0) is 17.3. The largest absolute Gasteiger partial charge is 0.463 e. The van der Waals surface area contributed by atoms with Crippen molar-refractivity contribution in [3.8, 4) is 0 Å². The highest BCUT2D eigenvalue weighted by Gasteiger charge is 2.51. The lowest BCUT2D eigenvalue weighted by Gasteiger charge is -2.33. The van der Waals surface area contributed by atoms with Crippen molar-refractivity contribution in [2.45, 2.75) is 49.8 Å². The van der Waals surface area contributed by atoms with Gasteiger partial charge in [-0.25, -0.2) is 4.79 Å². The van der Waals surface area contributed by atoms with E-state index in [0.29, 0.717) is 11.2 Å². The Kier molecular flexibility index (Phi) is 5.59. The number of fused-ring (bicyclic) bond motifs is 1. The highest BCUT2D eigenvalue weighted by molar-refractivity contribution is 8.00. The number of thioether (sulfide) groups is 1. The van der Waals surface area contributed by atoms with Gasteiger partial charge in [-0.15, -0.1) is 11.8 Å². The maximum absolute atomic E-state index is 12.6. The van der Waals surface area contributed by atoms with Gasteiger partial charge in [0.15, 0.2) is 0 Å². The molecule has 6 nitrogen and oxygen atoms in total. The molecule has 4 atom stereocenters. The quantitative estimate of drug-likeness (QED) is 0.782. The highest BCUT2D eigenvalue weighted by Crippen LogP contribution is 2.50. The molecular weight excluding hydrogens is 326 g/mol. The molecule has 1 N–H and O–H groups in total. The summed E-state index contributed by atoms with van der Waals surface area (Å²) in [6, 6.07) is -0.0390. The van der Waals surface area contributed by atoms with Gasteiger partial charge in [-0.3, -0.25) is 4.79 Å². The predicted octanol–water partition coefficient (Wildman–Crippen LogP) is 1.75. The van der Waals surface area contributed by atoms with E-state index < -0.39 is 0 Å². The van der Waals surface area contributed by atoms with E-state index in [0.717, 1.165) is 39.0 Å². The van der Waals surface area contributed by atoms with E-state index in [-0.39, 0.29) is 29.4 Å². The third kappa shape index (κ3) is 3.82. The van der Waals surface area contributed by atoms with E-state index in [1.807, 2.05) is 18.7 Å². The Morgan fingerprint density at radius 3 is 2.54 bits per heavy atom. The number of likely N-dealkylation sites (N-methyl/N-ethyl adjacent to an activating group) is 1. The second-order valence-electron chi connectivity index (χ2n) is 7.44. The van der Waals surface area contributed by atoms with Gasteiger partial charge < -0.3 is 19.9 Å². The summed E-state index contributed by atoms with van der Waals surface area (Å²) in [4.78, 5) is 29.3. The van der Waals surface area contributed by atoms with Crippen molar-refractivity contribution < 1.29 is 14.3 Å². The minimum atomic E-state index is -0.207. The number of nitrogens with one attached hydrogen (secondary N) is 1. The fourth-order valence-corrected chi connectivity index (χ4v) is 5.83. The van der Waals surface area contributed by atoms with E-state index in [9.17, 15) is 9.59 Å². The fourth-order valence-electron chi connectivity index (χ4n) is 3.99. The Morgan fingerprint density at radius 1 is 1.17 bits per heavy atom. The van der Waals surface area contributed by atoms with Crippen LogP contribution in [0.2, 0.25) is 0 Å². The van der Waals surface area contributed by atoms with Crippen LogP contribution in [0, 0.1) is 11.8 Å². The second-order valence-corrected chi connectivity index (χ2v) is 8.83. The van der Waals surface area contributed by atoms with Crippen LogP contribution in [0.3, 0.4) is 0 Å². The second kappa shape index (κ2) is 7.52. The van der Waals surface area contributed by atoms with Crippen molar-refractivity contribution in [1.29, 1.82) is 0 Å². The first kappa shape index (κ1) is 17.9. The lowest BCUT2D eigenvalue weighted by molar-refractivity contribution is -0.154. The number of hydrogen-bond donors (Lipinski definition) is 1. The lowest BCUT2D eigenvalue weighted by atomic mass is 9.90. The van der Waals surface area contributed by atoms with Gasteiger partial charge in [0.25, 0.3) is 0 Å². The number of nitrogens with zero attached hydrogens (tertiary/aromatic N) is 2. The average Bonchev–Trinajstić information content (AvgIpc) is 3.07. The van der Waals surface area contributed by atoms with Gasteiger partial charge in [0.2, 0.25) is 0 Å². The van der Waals surface area contributed by atoms with Crippen molar-refractivity contribution in [3.05, 3.63) is 0 Å². The number of rotatable bonds is 3. The van der Waals surface area contributed by atoms with Crippen LogP contribution in [-0.2, 0) is 9.53 Å². The number of urea groups is 1. The van der Waals surface area contributed by atoms with Crippen molar-refractivity contribution in [2.24, 2.45) is 11.8 Å². The van der Waals surface area contributed by atoms with Gasteiger partial charge in [-0.1, -0.05) is 6.42 Å². The van der Waals surface area contributed by atoms with Crippen molar-refractivity contribution in [1.82, 2.24) is 15.1 Å². The molecule has 2 aliphatic heterocycles. The van der Waals surface area contributed by atoms with E-state index in [2.05, 4.69) is 17.3 Å². The molecule has 24 heavy (non-hydrogen) atoms. The zero-order valence-corrected chi connectivity index (χ0v) is 15.7. The van der Waals surface area contributed by atoms with Gasteiger partial charge >= 0.3 is 12.0 Å². The molecule has 2 amide bonds. The van der Waals surface area contributed by atoms with Gasteiger partial charge in [0, 0.05) is 31.4 Å². The molecular formula is C17H29N3O3S. The molecule has 1 aliphatic carbocycles. The van der Waals surface area contributed by atoms with Crippen molar-refractivity contribution >= 4 is 23.8 Å². The van der Waals surface area contributed by atoms with Crippen LogP contribution in [-0.4, -0.2) is 71.8 Å². The molecule has 7 heteroatoms. The normalized spacial score (nSPS) is 33.6. The summed E-state index contributed by atoms with van der Waals surface area (Å²) in [7, 11) is 2.07. The van der Waals surface area contributed by atoms with E-state index >= 15 is 0 Å². The molecule has 0 aromatic heterocycles. The number of ether oxygens (including phenoxy) is 1. The van der Waals surface area contributed by atoms with Crippen LogP contribution >= 0.6 is 11.8 Å². The summed E-state index contributed by atoms with van der Waals surface area (Å²) in [6.45, 7) is 7.04. The van der Waals surface area contributed by atoms with Gasteiger partial charge in [0.05, 0.1) is 17.4 Å². The Balaban J connectivity index is 1.64. The van der Waals surface area contributed by atoms with E-state index in [1.165, 1.54) is 6.42 Å². The van der Waals surface area contributed by atoms with Gasteiger partial charge in [-0.2, -0.15) is 0 Å². The Bertz CT molecular complexity index is 480. The summed E-state index contributed by atoms with van der Waals surface area (Å²) in [5.41, 5.74) is 0. The summed E-state index contributed by atoms with van der Waals surface area (Å²) >= 11 is 1.77. The number of hydrogen-bond acceptors (Lipinski definition) is 5. The first-order chi connectivity index (χ1) is 11.5. The average molecular weight is 356 g/mol. The van der Waals surface area contributed by atoms with Gasteiger partial charge in [-0.05, 0) is 39.7 Å². The maximum atomic E-state index is 12.6. The van der Waals surface area contributed by atoms with E-state index in [4.69, 9.17) is 4.74 Å². The highest BCUT2D eigenvalue weighted by atomic mass is 32.2. The minimum absolute atomic E-state index is 0.0390. The number of esters is 1. The fraction of sp³-hybridized carbons (Fsp3) is 0.882. The molecule has 2 saturated heterocycles. The Hall–Kier alpha value is -0.950. The molecule has 3 aliphatic rings. The molecule has 1 saturated carbocycles. The molecule has 0 aromatic rings. The number of carbonyl (C=O) groups is 2. The van der Waals surface area contributed by atoms with E-state index in [1.54, 1.807) is 11.8 Å². The summed E-state index contributed by atoms with van der Waals surface area (Å²) in [5, 5.41) is 3.45. The van der Waals surface area contributed by atoms with Crippen LogP contribution < -0.4 is 5.32 Å². The molecule has 2 heterocycles. The summed E-state index contributed by atoms with van der Waals surface area (Å²) < 4.78 is 5.49. The van der Waals surface area contributed by atoms with Crippen LogP contribution in [0.5, 0.6) is 0 Å². The van der Waals surface area contributed by atoms with Crippen molar-refractivity contribution in [2.75, 3.05) is 33.2 Å². The molecule has 136 valence electrons. The van der Waals surface area contributed by atoms with Crippen LogP contribution in [0.4, 0.5) is 4.79 Å². The first-order valence-corrected chi connectivity index (χ1v) is 10.00. The zero-order valence-electron chi connectivity index (χ0n) is 14.9. The van der Waals surface area contributed by atoms with Crippen LogP contribution in [0.15, 0.2) is 0 Å². The van der Waals surface area contributed by atoms with Gasteiger partial charge in [0.1, 0.15) is 0 Å². The molecule has 4 unspecified atom stereocenters. The number of piperazine rings is 1. The SMILES string of the molecule is CC(C)OC(=O)C1C(NC(=O)N2CCN(C)CC2)SC2CCCC21. The first-order valence-electron chi connectivity index (χ1n) is 9.05. The molecule has 0 aromatic carbocycles. The van der Waals surface area contributed by atoms with Crippen molar-refractivity contribution in [3.63, 3.8) is 0 Å². The standard InChI is InChI=1S/C17H29N3O3S/c1-11(2)23-16(21)14-12-5-4-6-13(12)24-15(14)18-17(22)20-9-7-19(3)8-10-20/h11-15H,4-10H2,1-3H3,(H,18,22). The number of carbonyl (C=O) groups excluding carboxylic acids is 2. The predicted molar refractivity (Wildman–Crippen MR) is 94.8 cm³/mol. The summed E-state index contributed by atoms with van der Waals surface area (Å²) in [6.07, 6.45) is 3.27. The van der Waals surface area contributed by atoms with Crippen LogP contribution in [0.25, 0.3) is 0 Å². The third-order valence-corrected chi connectivity index (χ3v) is 6.93. The topological polar surface area (TPSA) is 61.9 Å². The minimum Gasteiger partial charge on any atom is -0.463 e. The smallest absolute Gasteiger partial charge is 0.318 e. The molecule has 3 fully saturated rings. The molecule has 3 rings (SSSR count). The molecule has 0 spiro atoms. The monoisotopic (exact) mass is 355 g/mol. The summed E-state index contributed by atoms with van der Waals surface area (Å²) in [5.74, 6) is -0.00377. The Morgan fingerprint density at radius 2 is 1.88 bits per heavy atom. The Labute approximate surface area is 148 Å². The van der Waals surface area contributed by atoms with Crippen LogP contribution in [0.1, 0.15) is 33.1 Å². The third-order valence-electron chi connectivity index (χ3n) is 5.29. The number of amides is 2. The maximum Gasteiger partial charge on any atom is 0.318 e. The molecule has 0 radical (unpaired) electrons.